The van der Waals surface area contributed by atoms with Gasteiger partial charge < -0.3 is 19.7 Å². The maximum atomic E-state index is 11.8. The Morgan fingerprint density at radius 2 is 2.04 bits per heavy atom. The van der Waals surface area contributed by atoms with Crippen molar-refractivity contribution in [1.29, 1.82) is 0 Å². The molecule has 0 radical (unpaired) electrons. The van der Waals surface area contributed by atoms with Gasteiger partial charge in [-0.25, -0.2) is 0 Å². The van der Waals surface area contributed by atoms with Crippen molar-refractivity contribution in [1.82, 2.24) is 0 Å². The van der Waals surface area contributed by atoms with Gasteiger partial charge in [-0.2, -0.15) is 0 Å². The SMILES string of the molecule is C[C@@H]1C[C@@H](O)[C@H]2[C@@](C)(CO)CCC[C@]2(C)[C@@]1(O)CCc1ccoc1. The molecule has 2 fully saturated rings. The molecule has 0 aliphatic heterocycles. The molecule has 0 unspecified atom stereocenters. The van der Waals surface area contributed by atoms with Crippen LogP contribution in [0.15, 0.2) is 23.0 Å². The highest BCUT2D eigenvalue weighted by molar-refractivity contribution is 5.16. The molecule has 6 atom stereocenters. The fraction of sp³-hybridized carbons (Fsp3) is 0.800. The lowest BCUT2D eigenvalue weighted by Crippen LogP contribution is -2.67. The summed E-state index contributed by atoms with van der Waals surface area (Å²) >= 11 is 0. The second kappa shape index (κ2) is 6.15. The zero-order valence-corrected chi connectivity index (χ0v) is 15.2. The highest BCUT2D eigenvalue weighted by Gasteiger charge is 2.64. The highest BCUT2D eigenvalue weighted by Crippen LogP contribution is 2.63. The van der Waals surface area contributed by atoms with Crippen molar-refractivity contribution in [3.63, 3.8) is 0 Å². The summed E-state index contributed by atoms with van der Waals surface area (Å²) in [5, 5.41) is 32.7. The third-order valence-corrected chi connectivity index (χ3v) is 7.40. The van der Waals surface area contributed by atoms with Gasteiger partial charge >= 0.3 is 0 Å². The van der Waals surface area contributed by atoms with E-state index in [1.54, 1.807) is 12.5 Å². The van der Waals surface area contributed by atoms with Crippen LogP contribution in [-0.4, -0.2) is 33.6 Å². The summed E-state index contributed by atoms with van der Waals surface area (Å²) in [4.78, 5) is 0. The Labute approximate surface area is 144 Å². The average molecular weight is 336 g/mol. The average Bonchev–Trinajstić information content (AvgIpc) is 3.04. The van der Waals surface area contributed by atoms with Crippen LogP contribution in [0.4, 0.5) is 0 Å². The maximum absolute atomic E-state index is 11.8. The zero-order valence-electron chi connectivity index (χ0n) is 15.2. The van der Waals surface area contributed by atoms with E-state index in [0.29, 0.717) is 12.8 Å². The lowest BCUT2D eigenvalue weighted by atomic mass is 9.43. The molecule has 0 saturated heterocycles. The van der Waals surface area contributed by atoms with Gasteiger partial charge in [0.2, 0.25) is 0 Å². The second-order valence-corrected chi connectivity index (χ2v) is 8.82. The summed E-state index contributed by atoms with van der Waals surface area (Å²) in [5.74, 6) is -0.0454. The minimum atomic E-state index is -0.842. The lowest BCUT2D eigenvalue weighted by molar-refractivity contribution is -0.251. The topological polar surface area (TPSA) is 73.8 Å². The van der Waals surface area contributed by atoms with E-state index in [9.17, 15) is 15.3 Å². The number of rotatable bonds is 4. The monoisotopic (exact) mass is 336 g/mol. The molecule has 24 heavy (non-hydrogen) atoms. The number of aliphatic hydroxyl groups excluding tert-OH is 2. The van der Waals surface area contributed by atoms with Crippen molar-refractivity contribution >= 4 is 0 Å². The van der Waals surface area contributed by atoms with Crippen LogP contribution in [0.5, 0.6) is 0 Å². The van der Waals surface area contributed by atoms with E-state index in [0.717, 1.165) is 31.2 Å². The predicted molar refractivity (Wildman–Crippen MR) is 92.4 cm³/mol. The summed E-state index contributed by atoms with van der Waals surface area (Å²) in [6, 6.07) is 1.95. The molecule has 1 aromatic heterocycles. The van der Waals surface area contributed by atoms with Gasteiger partial charge in [-0.15, -0.1) is 0 Å². The van der Waals surface area contributed by atoms with E-state index < -0.39 is 11.7 Å². The molecule has 0 amide bonds. The van der Waals surface area contributed by atoms with Crippen molar-refractivity contribution in [3.8, 4) is 0 Å². The molecule has 0 aromatic carbocycles. The molecule has 0 bridgehead atoms. The van der Waals surface area contributed by atoms with Gasteiger partial charge in [-0.3, -0.25) is 0 Å². The quantitative estimate of drug-likeness (QED) is 0.790. The van der Waals surface area contributed by atoms with Crippen molar-refractivity contribution < 1.29 is 19.7 Å². The van der Waals surface area contributed by atoms with E-state index in [1.165, 1.54) is 0 Å². The fourth-order valence-corrected chi connectivity index (χ4v) is 6.05. The van der Waals surface area contributed by atoms with Crippen LogP contribution in [0.1, 0.15) is 58.4 Å². The molecule has 3 rings (SSSR count). The van der Waals surface area contributed by atoms with Crippen molar-refractivity contribution in [3.05, 3.63) is 24.2 Å². The number of aliphatic hydroxyl groups is 3. The number of hydrogen-bond acceptors (Lipinski definition) is 4. The van der Waals surface area contributed by atoms with Gasteiger partial charge in [-0.1, -0.05) is 27.2 Å². The van der Waals surface area contributed by atoms with Crippen molar-refractivity contribution in [2.24, 2.45) is 22.7 Å². The summed E-state index contributed by atoms with van der Waals surface area (Å²) in [7, 11) is 0. The Kier molecular flexibility index (Phi) is 4.61. The van der Waals surface area contributed by atoms with Gasteiger partial charge in [0.25, 0.3) is 0 Å². The van der Waals surface area contributed by atoms with Gasteiger partial charge in [0.1, 0.15) is 0 Å². The van der Waals surface area contributed by atoms with Crippen LogP contribution in [0.3, 0.4) is 0 Å². The van der Waals surface area contributed by atoms with Crippen LogP contribution in [0, 0.1) is 22.7 Å². The first-order chi connectivity index (χ1) is 11.3. The van der Waals surface area contributed by atoms with Gasteiger partial charge in [0.15, 0.2) is 0 Å². The Morgan fingerprint density at radius 1 is 1.29 bits per heavy atom. The predicted octanol–water partition coefficient (Wildman–Crippen LogP) is 3.15. The molecule has 0 spiro atoms. The summed E-state index contributed by atoms with van der Waals surface area (Å²) in [5.41, 5.74) is -0.451. The minimum absolute atomic E-state index is 0.0293. The van der Waals surface area contributed by atoms with E-state index in [-0.39, 0.29) is 29.3 Å². The van der Waals surface area contributed by atoms with E-state index in [1.807, 2.05) is 6.07 Å². The third kappa shape index (κ3) is 2.54. The number of aryl methyl sites for hydroxylation is 1. The Bertz CT molecular complexity index is 556. The Hall–Kier alpha value is -0.840. The molecule has 2 aliphatic rings. The van der Waals surface area contributed by atoms with E-state index >= 15 is 0 Å². The number of furan rings is 1. The van der Waals surface area contributed by atoms with Crippen LogP contribution < -0.4 is 0 Å². The molecule has 3 N–H and O–H groups in total. The summed E-state index contributed by atoms with van der Waals surface area (Å²) in [6.07, 6.45) is 7.77. The highest BCUT2D eigenvalue weighted by atomic mass is 16.3. The molecule has 1 aromatic rings. The third-order valence-electron chi connectivity index (χ3n) is 7.40. The molecular weight excluding hydrogens is 304 g/mol. The largest absolute Gasteiger partial charge is 0.472 e. The zero-order chi connectivity index (χ0) is 17.6. The maximum Gasteiger partial charge on any atom is 0.0934 e. The first-order valence-electron chi connectivity index (χ1n) is 9.29. The standard InChI is InChI=1S/C20H32O4/c1-14-11-16(22)17-18(2,13-21)7-4-8-19(17,3)20(14,23)9-5-15-6-10-24-12-15/h6,10,12,14,16-17,21-23H,4-5,7-9,11,13H2,1-3H3/t14-,16-,17+,18-,19+,20-/m1/s1. The van der Waals surface area contributed by atoms with Crippen LogP contribution >= 0.6 is 0 Å². The second-order valence-electron chi connectivity index (χ2n) is 8.82. The first kappa shape index (κ1) is 18.0. The fourth-order valence-electron chi connectivity index (χ4n) is 6.05. The van der Waals surface area contributed by atoms with Crippen LogP contribution in [0.25, 0.3) is 0 Å². The van der Waals surface area contributed by atoms with E-state index in [4.69, 9.17) is 4.42 Å². The van der Waals surface area contributed by atoms with Gasteiger partial charge in [-0.05, 0) is 55.1 Å². The molecule has 1 heterocycles. The summed E-state index contributed by atoms with van der Waals surface area (Å²) < 4.78 is 5.16. The molecular formula is C20H32O4. The van der Waals surface area contributed by atoms with Gasteiger partial charge in [0, 0.05) is 17.9 Å². The molecule has 2 saturated carbocycles. The molecule has 2 aliphatic carbocycles. The van der Waals surface area contributed by atoms with Crippen LogP contribution in [0.2, 0.25) is 0 Å². The lowest BCUT2D eigenvalue weighted by Gasteiger charge is -2.64. The first-order valence-corrected chi connectivity index (χ1v) is 9.29. The van der Waals surface area contributed by atoms with Gasteiger partial charge in [0.05, 0.1) is 24.2 Å². The molecule has 4 heteroatoms. The minimum Gasteiger partial charge on any atom is -0.472 e. The summed E-state index contributed by atoms with van der Waals surface area (Å²) in [6.45, 7) is 6.34. The number of hydrogen-bond donors (Lipinski definition) is 3. The number of fused-ring (bicyclic) bond motifs is 1. The van der Waals surface area contributed by atoms with Crippen molar-refractivity contribution in [2.75, 3.05) is 6.61 Å². The Balaban J connectivity index is 1.94. The molecule has 136 valence electrons. The van der Waals surface area contributed by atoms with Crippen LogP contribution in [-0.2, 0) is 6.42 Å². The smallest absolute Gasteiger partial charge is 0.0934 e. The normalized spacial score (nSPS) is 45.8. The van der Waals surface area contributed by atoms with Crippen molar-refractivity contribution in [2.45, 2.75) is 71.0 Å². The Morgan fingerprint density at radius 3 is 2.67 bits per heavy atom. The molecule has 4 nitrogen and oxygen atoms in total. The van der Waals surface area contributed by atoms with E-state index in [2.05, 4.69) is 20.8 Å².